The number of morpholine rings is 1. The molecule has 0 unspecified atom stereocenters. The first-order valence-electron chi connectivity index (χ1n) is 10.2. The first-order valence-corrected chi connectivity index (χ1v) is 10.2. The van der Waals surface area contributed by atoms with Crippen molar-refractivity contribution in [1.29, 1.82) is 0 Å². The van der Waals surface area contributed by atoms with Crippen molar-refractivity contribution in [3.8, 4) is 5.75 Å². The number of hydrogen-bond donors (Lipinski definition) is 1. The van der Waals surface area contributed by atoms with Crippen LogP contribution in [0.2, 0.25) is 0 Å². The number of carbonyl (C=O) groups excluding carboxylic acids is 1. The summed E-state index contributed by atoms with van der Waals surface area (Å²) >= 11 is 0. The number of ether oxygens (including phenoxy) is 2. The summed E-state index contributed by atoms with van der Waals surface area (Å²) in [5.41, 5.74) is 2.68. The summed E-state index contributed by atoms with van der Waals surface area (Å²) in [6.45, 7) is 5.74. The lowest BCUT2D eigenvalue weighted by Crippen LogP contribution is -2.46. The van der Waals surface area contributed by atoms with Crippen molar-refractivity contribution in [3.63, 3.8) is 0 Å². The van der Waals surface area contributed by atoms with Gasteiger partial charge in [0.25, 0.3) is 5.91 Å². The van der Waals surface area contributed by atoms with Gasteiger partial charge >= 0.3 is 0 Å². The molecule has 1 aromatic heterocycles. The Bertz CT molecular complexity index is 861. The first-order chi connectivity index (χ1) is 14.0. The van der Waals surface area contributed by atoms with Crippen molar-refractivity contribution in [3.05, 3.63) is 47.3 Å². The van der Waals surface area contributed by atoms with Crippen LogP contribution in [0.4, 0.5) is 5.95 Å². The van der Waals surface area contributed by atoms with E-state index in [1.807, 2.05) is 6.20 Å². The van der Waals surface area contributed by atoms with Crippen molar-refractivity contribution < 1.29 is 14.3 Å². The lowest BCUT2D eigenvalue weighted by Gasteiger charge is -2.36. The van der Waals surface area contributed by atoms with E-state index in [1.54, 1.807) is 31.4 Å². The van der Waals surface area contributed by atoms with Crippen molar-refractivity contribution in [2.24, 2.45) is 0 Å². The molecule has 2 aliphatic rings. The number of nitrogens with one attached hydrogen (secondary N) is 1. The van der Waals surface area contributed by atoms with E-state index in [9.17, 15) is 4.79 Å². The zero-order valence-corrected chi connectivity index (χ0v) is 17.2. The fourth-order valence-electron chi connectivity index (χ4n) is 4.16. The lowest BCUT2D eigenvalue weighted by atomic mass is 9.92. The van der Waals surface area contributed by atoms with E-state index in [0.29, 0.717) is 5.56 Å². The second kappa shape index (κ2) is 8.37. The van der Waals surface area contributed by atoms with Crippen LogP contribution in [0.25, 0.3) is 0 Å². The van der Waals surface area contributed by atoms with Crippen molar-refractivity contribution in [1.82, 2.24) is 15.3 Å². The molecule has 0 bridgehead atoms. The van der Waals surface area contributed by atoms with Crippen molar-refractivity contribution in [2.75, 3.05) is 25.1 Å². The van der Waals surface area contributed by atoms with Gasteiger partial charge in [-0.25, -0.2) is 9.97 Å². The molecule has 0 spiro atoms. The molecule has 2 heterocycles. The minimum Gasteiger partial charge on any atom is -0.497 e. The van der Waals surface area contributed by atoms with E-state index in [1.165, 1.54) is 0 Å². The van der Waals surface area contributed by atoms with Crippen LogP contribution in [0.3, 0.4) is 0 Å². The molecule has 0 saturated carbocycles. The molecule has 1 aliphatic carbocycles. The van der Waals surface area contributed by atoms with Gasteiger partial charge in [0, 0.05) is 30.4 Å². The molecular weight excluding hydrogens is 368 g/mol. The summed E-state index contributed by atoms with van der Waals surface area (Å²) in [7, 11) is 1.61. The quantitative estimate of drug-likeness (QED) is 0.856. The third kappa shape index (κ3) is 4.34. The van der Waals surface area contributed by atoms with Crippen LogP contribution in [0.5, 0.6) is 5.75 Å². The Kier molecular flexibility index (Phi) is 5.67. The number of benzene rings is 1. The van der Waals surface area contributed by atoms with Gasteiger partial charge in [-0.1, -0.05) is 0 Å². The van der Waals surface area contributed by atoms with E-state index >= 15 is 0 Å². The number of amides is 1. The predicted molar refractivity (Wildman–Crippen MR) is 110 cm³/mol. The maximum Gasteiger partial charge on any atom is 0.251 e. The normalized spacial score (nSPS) is 24.0. The fraction of sp³-hybridized carbons (Fsp3) is 0.500. The van der Waals surface area contributed by atoms with Gasteiger partial charge in [-0.15, -0.1) is 0 Å². The van der Waals surface area contributed by atoms with Crippen LogP contribution in [0.1, 0.15) is 54.3 Å². The number of aryl methyl sites for hydroxylation is 1. The molecule has 0 radical (unpaired) electrons. The van der Waals surface area contributed by atoms with E-state index in [-0.39, 0.29) is 24.2 Å². The average molecular weight is 396 g/mol. The Morgan fingerprint density at radius 2 is 1.93 bits per heavy atom. The van der Waals surface area contributed by atoms with Crippen LogP contribution >= 0.6 is 0 Å². The van der Waals surface area contributed by atoms with Crippen LogP contribution in [-0.2, 0) is 11.2 Å². The monoisotopic (exact) mass is 396 g/mol. The van der Waals surface area contributed by atoms with Gasteiger partial charge in [0.15, 0.2) is 0 Å². The maximum atomic E-state index is 12.7. The average Bonchev–Trinajstić information content (AvgIpc) is 2.73. The molecule has 1 fully saturated rings. The third-order valence-corrected chi connectivity index (χ3v) is 5.53. The lowest BCUT2D eigenvalue weighted by molar-refractivity contribution is -0.00574. The molecule has 29 heavy (non-hydrogen) atoms. The molecule has 1 saturated heterocycles. The molecule has 2 aromatic rings. The van der Waals surface area contributed by atoms with Gasteiger partial charge in [-0.2, -0.15) is 0 Å². The number of carbonyl (C=O) groups is 1. The number of hydrogen-bond acceptors (Lipinski definition) is 6. The van der Waals surface area contributed by atoms with E-state index < -0.39 is 0 Å². The van der Waals surface area contributed by atoms with Crippen LogP contribution in [0, 0.1) is 0 Å². The summed E-state index contributed by atoms with van der Waals surface area (Å²) < 4.78 is 11.0. The molecule has 1 amide bonds. The Labute approximate surface area is 171 Å². The largest absolute Gasteiger partial charge is 0.497 e. The molecule has 7 nitrogen and oxygen atoms in total. The zero-order chi connectivity index (χ0) is 20.4. The molecule has 7 heteroatoms. The predicted octanol–water partition coefficient (Wildman–Crippen LogP) is 2.91. The number of aromatic nitrogens is 2. The second-order valence-corrected chi connectivity index (χ2v) is 7.88. The second-order valence-electron chi connectivity index (χ2n) is 7.88. The molecule has 1 aromatic carbocycles. The SMILES string of the molecule is COc1ccc(C(=O)N[C@H]2CCCc3nc(N4C[C@@H](C)O[C@@H](C)C4)ncc32)cc1. The summed E-state index contributed by atoms with van der Waals surface area (Å²) in [4.78, 5) is 24.4. The highest BCUT2D eigenvalue weighted by Gasteiger charge is 2.28. The van der Waals surface area contributed by atoms with Gasteiger partial charge < -0.3 is 19.7 Å². The van der Waals surface area contributed by atoms with E-state index in [2.05, 4.69) is 29.0 Å². The fourth-order valence-corrected chi connectivity index (χ4v) is 4.16. The standard InChI is InChI=1S/C22H28N4O3/c1-14-12-26(13-15(2)29-14)22-23-11-18-19(5-4-6-20(18)25-22)24-21(27)16-7-9-17(28-3)10-8-16/h7-11,14-15,19H,4-6,12-13H2,1-3H3,(H,24,27)/t14-,15+,19-/m0/s1. The summed E-state index contributed by atoms with van der Waals surface area (Å²) in [6.07, 6.45) is 5.01. The van der Waals surface area contributed by atoms with Gasteiger partial charge in [-0.05, 0) is 57.4 Å². The maximum absolute atomic E-state index is 12.7. The topological polar surface area (TPSA) is 76.6 Å². The highest BCUT2D eigenvalue weighted by molar-refractivity contribution is 5.94. The zero-order valence-electron chi connectivity index (χ0n) is 17.2. The molecule has 154 valence electrons. The van der Waals surface area contributed by atoms with Crippen LogP contribution in [-0.4, -0.2) is 48.3 Å². The summed E-state index contributed by atoms with van der Waals surface area (Å²) in [5.74, 6) is 1.40. The molecular formula is C22H28N4O3. The summed E-state index contributed by atoms with van der Waals surface area (Å²) in [5, 5.41) is 3.15. The van der Waals surface area contributed by atoms with Crippen molar-refractivity contribution in [2.45, 2.75) is 51.4 Å². The van der Waals surface area contributed by atoms with Crippen LogP contribution < -0.4 is 15.0 Å². The van der Waals surface area contributed by atoms with Crippen LogP contribution in [0.15, 0.2) is 30.5 Å². The minimum atomic E-state index is -0.0922. The smallest absolute Gasteiger partial charge is 0.251 e. The molecule has 1 N–H and O–H groups in total. The van der Waals surface area contributed by atoms with E-state index in [4.69, 9.17) is 14.5 Å². The number of nitrogens with zero attached hydrogens (tertiary/aromatic N) is 3. The Balaban J connectivity index is 1.50. The molecule has 1 aliphatic heterocycles. The highest BCUT2D eigenvalue weighted by atomic mass is 16.5. The number of fused-ring (bicyclic) bond motifs is 1. The molecule has 3 atom stereocenters. The van der Waals surface area contributed by atoms with Gasteiger partial charge in [-0.3, -0.25) is 4.79 Å². The third-order valence-electron chi connectivity index (χ3n) is 5.53. The summed E-state index contributed by atoms with van der Waals surface area (Å²) in [6, 6.07) is 7.08. The Morgan fingerprint density at radius 1 is 1.21 bits per heavy atom. The molecule has 4 rings (SSSR count). The first kappa shape index (κ1) is 19.6. The van der Waals surface area contributed by atoms with E-state index in [0.717, 1.165) is 55.3 Å². The van der Waals surface area contributed by atoms with Crippen molar-refractivity contribution >= 4 is 11.9 Å². The number of methoxy groups -OCH3 is 1. The highest BCUT2D eigenvalue weighted by Crippen LogP contribution is 2.30. The minimum absolute atomic E-state index is 0.0649. The Morgan fingerprint density at radius 3 is 2.62 bits per heavy atom. The van der Waals surface area contributed by atoms with Gasteiger partial charge in [0.05, 0.1) is 31.1 Å². The number of anilines is 1. The van der Waals surface area contributed by atoms with Gasteiger partial charge in [0.1, 0.15) is 5.75 Å². The Hall–Kier alpha value is -2.67. The number of rotatable bonds is 4. The van der Waals surface area contributed by atoms with Gasteiger partial charge in [0.2, 0.25) is 5.95 Å².